The van der Waals surface area contributed by atoms with Crippen LogP contribution in [0.3, 0.4) is 0 Å². The molecule has 38 heavy (non-hydrogen) atoms. The Morgan fingerprint density at radius 3 is 2.42 bits per heavy atom. The van der Waals surface area contributed by atoms with Crippen LogP contribution in [0.15, 0.2) is 71.5 Å². The van der Waals surface area contributed by atoms with Gasteiger partial charge in [0.1, 0.15) is 0 Å². The molecule has 5 heteroatoms. The molecule has 0 atom stereocenters. The van der Waals surface area contributed by atoms with Gasteiger partial charge in [-0.05, 0) is 122 Å². The molecule has 5 nitrogen and oxygen atoms in total. The second-order valence-electron chi connectivity index (χ2n) is 11.0. The van der Waals surface area contributed by atoms with Crippen LogP contribution in [0.2, 0.25) is 0 Å². The highest BCUT2D eigenvalue weighted by Gasteiger charge is 2.24. The smallest absolute Gasteiger partial charge is 0.258 e. The lowest BCUT2D eigenvalue weighted by atomic mass is 9.90. The van der Waals surface area contributed by atoms with E-state index >= 15 is 0 Å². The summed E-state index contributed by atoms with van der Waals surface area (Å²) in [6.45, 7) is 6.79. The highest BCUT2D eigenvalue weighted by atomic mass is 16.1. The molecule has 1 amide bonds. The van der Waals surface area contributed by atoms with E-state index in [9.17, 15) is 9.59 Å². The number of piperidine rings is 1. The van der Waals surface area contributed by atoms with Crippen molar-refractivity contribution >= 4 is 16.7 Å². The van der Waals surface area contributed by atoms with Crippen molar-refractivity contribution in [2.45, 2.75) is 58.0 Å². The summed E-state index contributed by atoms with van der Waals surface area (Å²) < 4.78 is 1.87. The average molecular weight is 506 g/mol. The second kappa shape index (κ2) is 10.2. The number of fused-ring (bicyclic) bond motifs is 1. The van der Waals surface area contributed by atoms with Gasteiger partial charge in [0.05, 0.1) is 6.54 Å². The van der Waals surface area contributed by atoms with Crippen molar-refractivity contribution < 1.29 is 4.79 Å². The highest BCUT2D eigenvalue weighted by Crippen LogP contribution is 2.29. The number of carbonyl (C=O) groups is 1. The van der Waals surface area contributed by atoms with Gasteiger partial charge in [0.15, 0.2) is 0 Å². The first-order valence-electron chi connectivity index (χ1n) is 13.8. The van der Waals surface area contributed by atoms with E-state index in [-0.39, 0.29) is 11.5 Å². The molecule has 2 heterocycles. The second-order valence-corrected chi connectivity index (χ2v) is 11.0. The van der Waals surface area contributed by atoms with E-state index in [1.165, 1.54) is 18.4 Å². The monoisotopic (exact) mass is 505 g/mol. The fourth-order valence-electron chi connectivity index (χ4n) is 5.65. The number of pyridine rings is 1. The number of nitrogens with one attached hydrogen (secondary N) is 2. The van der Waals surface area contributed by atoms with Crippen molar-refractivity contribution in [1.82, 2.24) is 15.2 Å². The summed E-state index contributed by atoms with van der Waals surface area (Å²) in [5, 5.41) is 8.14. The quantitative estimate of drug-likeness (QED) is 0.354. The minimum Gasteiger partial charge on any atom is -0.349 e. The first-order valence-corrected chi connectivity index (χ1v) is 13.8. The first-order chi connectivity index (χ1) is 18.5. The van der Waals surface area contributed by atoms with E-state index in [0.29, 0.717) is 29.5 Å². The Hall–Kier alpha value is -3.70. The maximum absolute atomic E-state index is 13.5. The number of hydrogen-bond acceptors (Lipinski definition) is 3. The Morgan fingerprint density at radius 2 is 1.68 bits per heavy atom. The first kappa shape index (κ1) is 24.6. The minimum absolute atomic E-state index is 0.0166. The van der Waals surface area contributed by atoms with Gasteiger partial charge in [0.25, 0.3) is 11.5 Å². The summed E-state index contributed by atoms with van der Waals surface area (Å²) in [6, 6.07) is 23.1. The summed E-state index contributed by atoms with van der Waals surface area (Å²) in [6.07, 6.45) is 4.50. The Morgan fingerprint density at radius 1 is 0.921 bits per heavy atom. The summed E-state index contributed by atoms with van der Waals surface area (Å²) in [7, 11) is 0. The van der Waals surface area contributed by atoms with Crippen LogP contribution >= 0.6 is 0 Å². The van der Waals surface area contributed by atoms with E-state index in [1.807, 2.05) is 41.8 Å². The molecule has 3 aromatic carbocycles. The molecule has 1 aliphatic heterocycles. The number of nitrogens with zero attached hydrogens (tertiary/aromatic N) is 1. The molecule has 6 rings (SSSR count). The zero-order chi connectivity index (χ0) is 26.2. The molecule has 2 N–H and O–H groups in total. The van der Waals surface area contributed by atoms with Crippen LogP contribution in [0, 0.1) is 13.8 Å². The SMILES string of the molecule is Cc1ccc(C(=O)NC2CC2)cc1-c1ccc2c(=O)n(Cc3ccc(C4CCNCC4)cc3)c(C)cc2c1. The van der Waals surface area contributed by atoms with Crippen LogP contribution < -0.4 is 16.2 Å². The molecule has 1 saturated heterocycles. The van der Waals surface area contributed by atoms with Crippen LogP contribution in [0.25, 0.3) is 21.9 Å². The Kier molecular flexibility index (Phi) is 6.62. The number of aromatic nitrogens is 1. The van der Waals surface area contributed by atoms with Crippen LogP contribution in [-0.2, 0) is 6.54 Å². The molecule has 194 valence electrons. The predicted molar refractivity (Wildman–Crippen MR) is 154 cm³/mol. The fraction of sp³-hybridized carbons (Fsp3) is 0.333. The summed E-state index contributed by atoms with van der Waals surface area (Å²) in [5.74, 6) is 0.610. The van der Waals surface area contributed by atoms with Gasteiger partial charge in [-0.2, -0.15) is 0 Å². The van der Waals surface area contributed by atoms with Crippen molar-refractivity contribution in [3.05, 3.63) is 105 Å². The normalized spacial score (nSPS) is 16.1. The predicted octanol–water partition coefficient (Wildman–Crippen LogP) is 5.69. The zero-order valence-corrected chi connectivity index (χ0v) is 22.2. The van der Waals surface area contributed by atoms with Crippen LogP contribution in [0.1, 0.15) is 64.3 Å². The van der Waals surface area contributed by atoms with E-state index < -0.39 is 0 Å². The third-order valence-corrected chi connectivity index (χ3v) is 8.17. The molecule has 1 aromatic heterocycles. The lowest BCUT2D eigenvalue weighted by Gasteiger charge is -2.23. The standard InChI is InChI=1S/C33H35N3O2/c1-21-3-6-27(32(37)35-29-10-11-29)19-31(21)26-9-12-30-28(18-26)17-22(2)36(33(30)38)20-23-4-7-24(8-5-23)25-13-15-34-16-14-25/h3-9,12,17-19,25,29,34H,10-11,13-16,20H2,1-2H3,(H,35,37). The molecule has 4 aromatic rings. The van der Waals surface area contributed by atoms with Crippen molar-refractivity contribution in [3.63, 3.8) is 0 Å². The summed E-state index contributed by atoms with van der Waals surface area (Å²) in [5.41, 5.74) is 7.32. The largest absolute Gasteiger partial charge is 0.349 e. The summed E-state index contributed by atoms with van der Waals surface area (Å²) in [4.78, 5) is 26.2. The third kappa shape index (κ3) is 5.03. The molecule has 0 bridgehead atoms. The maximum Gasteiger partial charge on any atom is 0.258 e. The third-order valence-electron chi connectivity index (χ3n) is 8.17. The molecule has 2 aliphatic rings. The average Bonchev–Trinajstić information content (AvgIpc) is 3.76. The molecule has 1 saturated carbocycles. The van der Waals surface area contributed by atoms with Gasteiger partial charge >= 0.3 is 0 Å². The van der Waals surface area contributed by atoms with E-state index in [2.05, 4.69) is 54.0 Å². The number of amides is 1. The molecule has 0 unspecified atom stereocenters. The van der Waals surface area contributed by atoms with Crippen molar-refractivity contribution in [1.29, 1.82) is 0 Å². The lowest BCUT2D eigenvalue weighted by Crippen LogP contribution is -2.26. The molecule has 0 radical (unpaired) electrons. The van der Waals surface area contributed by atoms with E-state index in [4.69, 9.17) is 0 Å². The Balaban J connectivity index is 1.28. The van der Waals surface area contributed by atoms with Gasteiger partial charge in [0, 0.05) is 22.7 Å². The van der Waals surface area contributed by atoms with Crippen molar-refractivity contribution in [3.8, 4) is 11.1 Å². The highest BCUT2D eigenvalue weighted by molar-refractivity contribution is 5.96. The van der Waals surface area contributed by atoms with Gasteiger partial charge in [-0.25, -0.2) is 0 Å². The van der Waals surface area contributed by atoms with Crippen molar-refractivity contribution in [2.75, 3.05) is 13.1 Å². The molecule has 2 fully saturated rings. The van der Waals surface area contributed by atoms with E-state index in [1.54, 1.807) is 0 Å². The van der Waals surface area contributed by atoms with Crippen LogP contribution in [0.5, 0.6) is 0 Å². The molecule has 0 spiro atoms. The summed E-state index contributed by atoms with van der Waals surface area (Å²) >= 11 is 0. The van der Waals surface area contributed by atoms with Crippen molar-refractivity contribution in [2.24, 2.45) is 0 Å². The number of hydrogen-bond donors (Lipinski definition) is 2. The van der Waals surface area contributed by atoms with Crippen LogP contribution in [0.4, 0.5) is 0 Å². The fourth-order valence-corrected chi connectivity index (χ4v) is 5.65. The lowest BCUT2D eigenvalue weighted by molar-refractivity contribution is 0.0951. The molecular weight excluding hydrogens is 470 g/mol. The Bertz CT molecular complexity index is 1560. The molecule has 1 aliphatic carbocycles. The zero-order valence-electron chi connectivity index (χ0n) is 22.2. The Labute approximate surface area is 223 Å². The van der Waals surface area contributed by atoms with Gasteiger partial charge < -0.3 is 15.2 Å². The minimum atomic E-state index is -0.0166. The van der Waals surface area contributed by atoms with Gasteiger partial charge in [-0.15, -0.1) is 0 Å². The topological polar surface area (TPSA) is 63.1 Å². The number of carbonyl (C=O) groups excluding carboxylic acids is 1. The number of rotatable bonds is 6. The van der Waals surface area contributed by atoms with Crippen LogP contribution in [-0.4, -0.2) is 29.6 Å². The van der Waals surface area contributed by atoms with Gasteiger partial charge in [-0.3, -0.25) is 9.59 Å². The van der Waals surface area contributed by atoms with Gasteiger partial charge in [0.2, 0.25) is 0 Å². The number of benzene rings is 3. The van der Waals surface area contributed by atoms with Gasteiger partial charge in [-0.1, -0.05) is 36.4 Å². The number of aryl methyl sites for hydroxylation is 2. The van der Waals surface area contributed by atoms with E-state index in [0.717, 1.165) is 59.3 Å². The maximum atomic E-state index is 13.5. The molecular formula is C33H35N3O2.